The van der Waals surface area contributed by atoms with Gasteiger partial charge < -0.3 is 10.3 Å². The molecule has 0 saturated heterocycles. The van der Waals surface area contributed by atoms with E-state index >= 15 is 0 Å². The summed E-state index contributed by atoms with van der Waals surface area (Å²) in [7, 11) is 0. The third-order valence-electron chi connectivity index (χ3n) is 2.86. The molecule has 0 aliphatic rings. The van der Waals surface area contributed by atoms with Crippen LogP contribution < -0.4 is 5.73 Å². The summed E-state index contributed by atoms with van der Waals surface area (Å²) in [6.45, 7) is 2.92. The number of anilines is 1. The summed E-state index contributed by atoms with van der Waals surface area (Å²) >= 11 is 0. The van der Waals surface area contributed by atoms with Gasteiger partial charge in [0.1, 0.15) is 17.2 Å². The molecule has 0 saturated carbocycles. The Morgan fingerprint density at radius 2 is 2.24 bits per heavy atom. The molecule has 0 radical (unpaired) electrons. The topological polar surface area (TPSA) is 61.1 Å². The molecule has 3 aromatic rings. The second-order valence-corrected chi connectivity index (χ2v) is 3.84. The minimum Gasteiger partial charge on any atom is -0.383 e. The molecule has 5 nitrogen and oxygen atoms in total. The number of hydrogen-bond donors (Lipinski definition) is 1. The van der Waals surface area contributed by atoms with E-state index in [1.54, 1.807) is 12.5 Å². The molecule has 0 aromatic carbocycles. The highest BCUT2D eigenvalue weighted by molar-refractivity contribution is 5.72. The molecule has 3 heterocycles. The van der Waals surface area contributed by atoms with Crippen LogP contribution in [0, 0.1) is 0 Å². The highest BCUT2D eigenvalue weighted by Crippen LogP contribution is 2.25. The van der Waals surface area contributed by atoms with Crippen LogP contribution in [-0.2, 0) is 6.54 Å². The van der Waals surface area contributed by atoms with Crippen LogP contribution >= 0.6 is 0 Å². The summed E-state index contributed by atoms with van der Waals surface area (Å²) in [6, 6.07) is 5.82. The molecule has 0 atom stereocenters. The van der Waals surface area contributed by atoms with E-state index in [1.165, 1.54) is 0 Å². The summed E-state index contributed by atoms with van der Waals surface area (Å²) in [4.78, 5) is 8.68. The molecule has 0 aliphatic carbocycles. The van der Waals surface area contributed by atoms with Crippen LogP contribution in [0.4, 0.5) is 5.82 Å². The van der Waals surface area contributed by atoms with Gasteiger partial charge in [-0.2, -0.15) is 0 Å². The maximum atomic E-state index is 6.11. The van der Waals surface area contributed by atoms with E-state index in [0.717, 1.165) is 23.6 Å². The van der Waals surface area contributed by atoms with Gasteiger partial charge in [-0.15, -0.1) is 0 Å². The van der Waals surface area contributed by atoms with E-state index < -0.39 is 0 Å². The molecule has 3 aromatic heterocycles. The van der Waals surface area contributed by atoms with Gasteiger partial charge in [0.05, 0.1) is 18.2 Å². The van der Waals surface area contributed by atoms with Crippen molar-refractivity contribution in [1.82, 2.24) is 18.9 Å². The minimum absolute atomic E-state index is 0.649. The molecule has 86 valence electrons. The molecule has 2 N–H and O–H groups in total. The fourth-order valence-corrected chi connectivity index (χ4v) is 1.97. The highest BCUT2D eigenvalue weighted by atomic mass is 15.1. The average molecular weight is 227 g/mol. The molecule has 0 bridgehead atoms. The third-order valence-corrected chi connectivity index (χ3v) is 2.86. The van der Waals surface area contributed by atoms with Gasteiger partial charge >= 0.3 is 0 Å². The summed E-state index contributed by atoms with van der Waals surface area (Å²) in [5, 5.41) is 0. The monoisotopic (exact) mass is 227 g/mol. The lowest BCUT2D eigenvalue weighted by molar-refractivity contribution is 0.767. The van der Waals surface area contributed by atoms with Gasteiger partial charge in [-0.3, -0.25) is 4.40 Å². The lowest BCUT2D eigenvalue weighted by Crippen LogP contribution is -1.98. The van der Waals surface area contributed by atoms with Crippen molar-refractivity contribution in [3.8, 4) is 11.4 Å². The number of nitrogens with zero attached hydrogens (tertiary/aromatic N) is 4. The first kappa shape index (κ1) is 9.89. The second-order valence-electron chi connectivity index (χ2n) is 3.84. The van der Waals surface area contributed by atoms with Crippen LogP contribution in [0.1, 0.15) is 6.92 Å². The van der Waals surface area contributed by atoms with Gasteiger partial charge in [-0.1, -0.05) is 6.07 Å². The molecule has 17 heavy (non-hydrogen) atoms. The fourth-order valence-electron chi connectivity index (χ4n) is 1.97. The Labute approximate surface area is 98.5 Å². The van der Waals surface area contributed by atoms with Crippen molar-refractivity contribution < 1.29 is 0 Å². The van der Waals surface area contributed by atoms with E-state index in [1.807, 2.05) is 33.4 Å². The predicted molar refractivity (Wildman–Crippen MR) is 66.5 cm³/mol. The van der Waals surface area contributed by atoms with Crippen molar-refractivity contribution in [3.05, 3.63) is 36.9 Å². The zero-order chi connectivity index (χ0) is 11.8. The largest absolute Gasteiger partial charge is 0.383 e. The van der Waals surface area contributed by atoms with Crippen molar-refractivity contribution in [1.29, 1.82) is 0 Å². The van der Waals surface area contributed by atoms with E-state index in [2.05, 4.69) is 16.9 Å². The average Bonchev–Trinajstić information content (AvgIpc) is 2.94. The first-order valence-electron chi connectivity index (χ1n) is 5.54. The quantitative estimate of drug-likeness (QED) is 0.726. The Kier molecular flexibility index (Phi) is 2.11. The first-order chi connectivity index (χ1) is 8.31. The summed E-state index contributed by atoms with van der Waals surface area (Å²) in [5.74, 6) is 0.649. The van der Waals surface area contributed by atoms with Crippen LogP contribution in [0.15, 0.2) is 36.9 Å². The van der Waals surface area contributed by atoms with Crippen LogP contribution in [0.25, 0.3) is 17.0 Å². The SMILES string of the molecule is CCn1cncc1-c1nc2ccccn2c1N. The molecule has 0 fully saturated rings. The number of nitrogens with two attached hydrogens (primary N) is 1. The second kappa shape index (κ2) is 3.62. The number of imidazole rings is 2. The number of hydrogen-bond acceptors (Lipinski definition) is 3. The Bertz CT molecular complexity index is 664. The smallest absolute Gasteiger partial charge is 0.139 e. The van der Waals surface area contributed by atoms with Gasteiger partial charge in [0, 0.05) is 12.7 Å². The van der Waals surface area contributed by atoms with Crippen LogP contribution in [0.3, 0.4) is 0 Å². The molecule has 0 amide bonds. The third kappa shape index (κ3) is 1.39. The zero-order valence-corrected chi connectivity index (χ0v) is 9.54. The Morgan fingerprint density at radius 1 is 1.35 bits per heavy atom. The first-order valence-corrected chi connectivity index (χ1v) is 5.54. The van der Waals surface area contributed by atoms with Crippen molar-refractivity contribution >= 4 is 11.5 Å². The lowest BCUT2D eigenvalue weighted by Gasteiger charge is -2.02. The standard InChI is InChI=1S/C12H13N5/c1-2-16-8-14-7-9(16)11-12(13)17-6-4-3-5-10(17)15-11/h3-8H,2,13H2,1H3. The van der Waals surface area contributed by atoms with E-state index in [-0.39, 0.29) is 0 Å². The number of aromatic nitrogens is 4. The summed E-state index contributed by atoms with van der Waals surface area (Å²) in [5.41, 5.74) is 8.70. The van der Waals surface area contributed by atoms with E-state index in [4.69, 9.17) is 5.73 Å². The number of pyridine rings is 1. The van der Waals surface area contributed by atoms with Crippen LogP contribution in [0.5, 0.6) is 0 Å². The molecular weight excluding hydrogens is 214 g/mol. The van der Waals surface area contributed by atoms with Gasteiger partial charge in [-0.05, 0) is 19.1 Å². The van der Waals surface area contributed by atoms with Gasteiger partial charge in [0.25, 0.3) is 0 Å². The van der Waals surface area contributed by atoms with Gasteiger partial charge in [0.2, 0.25) is 0 Å². The van der Waals surface area contributed by atoms with Crippen molar-refractivity contribution in [2.45, 2.75) is 13.5 Å². The summed E-state index contributed by atoms with van der Waals surface area (Å²) < 4.78 is 3.90. The van der Waals surface area contributed by atoms with E-state index in [9.17, 15) is 0 Å². The lowest BCUT2D eigenvalue weighted by atomic mass is 10.3. The van der Waals surface area contributed by atoms with Crippen molar-refractivity contribution in [2.75, 3.05) is 5.73 Å². The minimum atomic E-state index is 0.649. The maximum absolute atomic E-state index is 6.11. The molecular formula is C12H13N5. The molecule has 0 unspecified atom stereocenters. The maximum Gasteiger partial charge on any atom is 0.139 e. The number of fused-ring (bicyclic) bond motifs is 1. The normalized spacial score (nSPS) is 11.1. The fraction of sp³-hybridized carbons (Fsp3) is 0.167. The summed E-state index contributed by atoms with van der Waals surface area (Å²) in [6.07, 6.45) is 5.49. The van der Waals surface area contributed by atoms with Crippen molar-refractivity contribution in [3.63, 3.8) is 0 Å². The molecule has 3 rings (SSSR count). The Balaban J connectivity index is 2.27. The van der Waals surface area contributed by atoms with Crippen molar-refractivity contribution in [2.24, 2.45) is 0 Å². The molecule has 0 aliphatic heterocycles. The Morgan fingerprint density at radius 3 is 3.00 bits per heavy atom. The van der Waals surface area contributed by atoms with E-state index in [0.29, 0.717) is 5.82 Å². The zero-order valence-electron chi connectivity index (χ0n) is 9.54. The van der Waals surface area contributed by atoms with Gasteiger partial charge in [0.15, 0.2) is 0 Å². The Hall–Kier alpha value is -2.30. The predicted octanol–water partition coefficient (Wildman–Crippen LogP) is 1.80. The molecule has 0 spiro atoms. The number of rotatable bonds is 2. The van der Waals surface area contributed by atoms with Crippen LogP contribution in [0.2, 0.25) is 0 Å². The molecule has 5 heteroatoms. The highest BCUT2D eigenvalue weighted by Gasteiger charge is 2.13. The van der Waals surface area contributed by atoms with Gasteiger partial charge in [-0.25, -0.2) is 9.97 Å². The van der Waals surface area contributed by atoms with Crippen LogP contribution in [-0.4, -0.2) is 18.9 Å². The number of nitrogen functional groups attached to an aromatic ring is 1. The number of aryl methyl sites for hydroxylation is 1.